The first-order chi connectivity index (χ1) is 7.25. The number of nitrogens with zero attached hydrogens (tertiary/aromatic N) is 1. The molecule has 1 heterocycles. The molecule has 94 valence electrons. The van der Waals surface area contributed by atoms with E-state index in [1.54, 1.807) is 0 Å². The average molecular weight is 227 g/mol. The summed E-state index contributed by atoms with van der Waals surface area (Å²) in [5, 5.41) is 2.01. The minimum atomic E-state index is -0.565. The van der Waals surface area contributed by atoms with Crippen molar-refractivity contribution in [1.82, 2.24) is 10.4 Å². The maximum atomic E-state index is 12.1. The van der Waals surface area contributed by atoms with E-state index in [1.807, 2.05) is 32.7 Å². The second-order valence-corrected chi connectivity index (χ2v) is 5.84. The lowest BCUT2D eigenvalue weighted by molar-refractivity contribution is -0.138. The number of nitrogens with two attached hydrogens (primary N) is 1. The molecule has 0 bridgehead atoms. The topological polar surface area (TPSA) is 58.4 Å². The van der Waals surface area contributed by atoms with E-state index in [1.165, 1.54) is 6.42 Å². The van der Waals surface area contributed by atoms with Crippen LogP contribution in [-0.4, -0.2) is 29.5 Å². The van der Waals surface area contributed by atoms with Gasteiger partial charge in [-0.3, -0.25) is 10.2 Å². The summed E-state index contributed by atoms with van der Waals surface area (Å²) in [6.07, 6.45) is 3.58. The molecule has 0 unspecified atom stereocenters. The first kappa shape index (κ1) is 13.5. The summed E-state index contributed by atoms with van der Waals surface area (Å²) in [7, 11) is 0. The molecule has 1 saturated heterocycles. The summed E-state index contributed by atoms with van der Waals surface area (Å²) in [6.45, 7) is 9.48. The third kappa shape index (κ3) is 2.95. The van der Waals surface area contributed by atoms with Crippen molar-refractivity contribution >= 4 is 5.91 Å². The third-order valence-corrected chi connectivity index (χ3v) is 3.79. The number of piperidine rings is 1. The van der Waals surface area contributed by atoms with E-state index < -0.39 is 11.0 Å². The fourth-order valence-corrected chi connectivity index (χ4v) is 1.58. The first-order valence-corrected chi connectivity index (χ1v) is 6.10. The molecule has 0 aromatic rings. The molecule has 0 aliphatic carbocycles. The van der Waals surface area contributed by atoms with Crippen molar-refractivity contribution in [3.05, 3.63) is 0 Å². The van der Waals surface area contributed by atoms with Crippen LogP contribution in [0.4, 0.5) is 0 Å². The third-order valence-electron chi connectivity index (χ3n) is 3.79. The average Bonchev–Trinajstić information content (AvgIpc) is 2.17. The molecule has 1 amide bonds. The van der Waals surface area contributed by atoms with E-state index in [2.05, 4.69) is 5.43 Å². The zero-order valence-electron chi connectivity index (χ0n) is 11.0. The Morgan fingerprint density at radius 3 is 2.06 bits per heavy atom. The van der Waals surface area contributed by atoms with E-state index in [0.29, 0.717) is 0 Å². The lowest BCUT2D eigenvalue weighted by Crippen LogP contribution is -2.59. The largest absolute Gasteiger partial charge is 0.325 e. The molecule has 16 heavy (non-hydrogen) atoms. The number of hydrazine groups is 1. The van der Waals surface area contributed by atoms with Crippen molar-refractivity contribution in [3.63, 3.8) is 0 Å². The monoisotopic (exact) mass is 227 g/mol. The smallest absolute Gasteiger partial charge is 0.241 e. The second-order valence-electron chi connectivity index (χ2n) is 5.84. The van der Waals surface area contributed by atoms with Crippen molar-refractivity contribution in [1.29, 1.82) is 0 Å². The predicted molar refractivity (Wildman–Crippen MR) is 65.6 cm³/mol. The second kappa shape index (κ2) is 4.72. The Labute approximate surface area is 98.5 Å². The molecule has 0 radical (unpaired) electrons. The fourth-order valence-electron chi connectivity index (χ4n) is 1.58. The van der Waals surface area contributed by atoms with Crippen LogP contribution in [-0.2, 0) is 4.79 Å². The Balaban J connectivity index is 2.57. The molecule has 0 saturated carbocycles. The van der Waals surface area contributed by atoms with E-state index in [0.717, 1.165) is 25.9 Å². The van der Waals surface area contributed by atoms with Crippen molar-refractivity contribution < 1.29 is 4.79 Å². The van der Waals surface area contributed by atoms with Crippen LogP contribution in [0.3, 0.4) is 0 Å². The van der Waals surface area contributed by atoms with Gasteiger partial charge in [0.15, 0.2) is 0 Å². The van der Waals surface area contributed by atoms with Gasteiger partial charge in [-0.15, -0.1) is 0 Å². The fraction of sp³-hybridized carbons (Fsp3) is 0.917. The van der Waals surface area contributed by atoms with Gasteiger partial charge in [-0.05, 0) is 40.5 Å². The van der Waals surface area contributed by atoms with Gasteiger partial charge in [0.25, 0.3) is 0 Å². The van der Waals surface area contributed by atoms with Gasteiger partial charge in [0, 0.05) is 18.6 Å². The van der Waals surface area contributed by atoms with Crippen LogP contribution in [0.25, 0.3) is 0 Å². The number of nitrogens with one attached hydrogen (secondary N) is 1. The summed E-state index contributed by atoms with van der Waals surface area (Å²) < 4.78 is 0. The van der Waals surface area contributed by atoms with Gasteiger partial charge in [0.1, 0.15) is 0 Å². The molecule has 1 aliphatic heterocycles. The normalized spacial score (nSPS) is 19.6. The molecule has 0 aromatic heterocycles. The SMILES string of the molecule is CC(C)(N)C(C)(C)C(=O)NN1CCCCC1. The van der Waals surface area contributed by atoms with Gasteiger partial charge in [-0.2, -0.15) is 0 Å². The lowest BCUT2D eigenvalue weighted by atomic mass is 9.74. The first-order valence-electron chi connectivity index (χ1n) is 6.10. The van der Waals surface area contributed by atoms with Crippen molar-refractivity contribution in [3.8, 4) is 0 Å². The Morgan fingerprint density at radius 2 is 1.62 bits per heavy atom. The number of carbonyl (C=O) groups excluding carboxylic acids is 1. The molecule has 4 nitrogen and oxygen atoms in total. The van der Waals surface area contributed by atoms with Crippen molar-refractivity contribution in [2.45, 2.75) is 52.5 Å². The molecular formula is C12H25N3O. The molecule has 0 spiro atoms. The quantitative estimate of drug-likeness (QED) is 0.763. The highest BCUT2D eigenvalue weighted by molar-refractivity contribution is 5.82. The van der Waals surface area contributed by atoms with Crippen LogP contribution < -0.4 is 11.2 Å². The Morgan fingerprint density at radius 1 is 1.12 bits per heavy atom. The molecule has 0 aromatic carbocycles. The van der Waals surface area contributed by atoms with Crippen LogP contribution in [0.5, 0.6) is 0 Å². The molecule has 0 atom stereocenters. The summed E-state index contributed by atoms with van der Waals surface area (Å²) in [6, 6.07) is 0. The Hall–Kier alpha value is -0.610. The summed E-state index contributed by atoms with van der Waals surface area (Å²) in [4.78, 5) is 12.1. The number of carbonyl (C=O) groups is 1. The van der Waals surface area contributed by atoms with Crippen molar-refractivity contribution in [2.75, 3.05) is 13.1 Å². The van der Waals surface area contributed by atoms with E-state index >= 15 is 0 Å². The minimum Gasteiger partial charge on any atom is -0.325 e. The summed E-state index contributed by atoms with van der Waals surface area (Å²) in [5.74, 6) is 0.0156. The van der Waals surface area contributed by atoms with Crippen molar-refractivity contribution in [2.24, 2.45) is 11.1 Å². The minimum absolute atomic E-state index is 0.0156. The number of rotatable bonds is 3. The molecule has 4 heteroatoms. The Kier molecular flexibility index (Phi) is 3.97. The highest BCUT2D eigenvalue weighted by Gasteiger charge is 2.41. The van der Waals surface area contributed by atoms with E-state index in [9.17, 15) is 4.79 Å². The van der Waals surface area contributed by atoms with Crippen LogP contribution in [0.15, 0.2) is 0 Å². The lowest BCUT2D eigenvalue weighted by Gasteiger charge is -2.39. The van der Waals surface area contributed by atoms with Gasteiger partial charge < -0.3 is 5.73 Å². The molecule has 1 aliphatic rings. The number of hydrogen-bond donors (Lipinski definition) is 2. The van der Waals surface area contributed by atoms with Crippen LogP contribution in [0.1, 0.15) is 47.0 Å². The highest BCUT2D eigenvalue weighted by atomic mass is 16.2. The van der Waals surface area contributed by atoms with Gasteiger partial charge in [-0.1, -0.05) is 6.42 Å². The van der Waals surface area contributed by atoms with Gasteiger partial charge in [0.05, 0.1) is 5.41 Å². The number of hydrogen-bond acceptors (Lipinski definition) is 3. The molecular weight excluding hydrogens is 202 g/mol. The zero-order valence-corrected chi connectivity index (χ0v) is 11.0. The van der Waals surface area contributed by atoms with Crippen LogP contribution in [0, 0.1) is 5.41 Å². The molecule has 1 fully saturated rings. The highest BCUT2D eigenvalue weighted by Crippen LogP contribution is 2.28. The maximum absolute atomic E-state index is 12.1. The zero-order chi connectivity index (χ0) is 12.4. The van der Waals surface area contributed by atoms with Crippen LogP contribution in [0.2, 0.25) is 0 Å². The standard InChI is InChI=1S/C12H25N3O/c1-11(2,12(3,4)13)10(16)14-15-8-6-5-7-9-15/h5-9,13H2,1-4H3,(H,14,16). The summed E-state index contributed by atoms with van der Waals surface area (Å²) in [5.41, 5.74) is 7.93. The van der Waals surface area contributed by atoms with E-state index in [-0.39, 0.29) is 5.91 Å². The van der Waals surface area contributed by atoms with Gasteiger partial charge in [-0.25, -0.2) is 5.01 Å². The van der Waals surface area contributed by atoms with Gasteiger partial charge >= 0.3 is 0 Å². The van der Waals surface area contributed by atoms with Gasteiger partial charge in [0.2, 0.25) is 5.91 Å². The summed E-state index contributed by atoms with van der Waals surface area (Å²) >= 11 is 0. The number of amides is 1. The predicted octanol–water partition coefficient (Wildman–Crippen LogP) is 1.27. The van der Waals surface area contributed by atoms with Crippen LogP contribution >= 0.6 is 0 Å². The Bertz CT molecular complexity index is 249. The maximum Gasteiger partial charge on any atom is 0.241 e. The van der Waals surface area contributed by atoms with E-state index in [4.69, 9.17) is 5.73 Å². The molecule has 1 rings (SSSR count). The molecule has 3 N–H and O–H groups in total.